The van der Waals surface area contributed by atoms with Crippen molar-refractivity contribution in [3.63, 3.8) is 0 Å². The van der Waals surface area contributed by atoms with Crippen LogP contribution in [0.1, 0.15) is 16.9 Å². The van der Waals surface area contributed by atoms with Gasteiger partial charge in [0, 0.05) is 11.3 Å². The second kappa shape index (κ2) is 6.58. The van der Waals surface area contributed by atoms with E-state index in [4.69, 9.17) is 4.74 Å². The smallest absolute Gasteiger partial charge is 0.275 e. The number of aliphatic imine (C=N–C) groups is 1. The standard InChI is InChI=1S/C17H16N2O2S/c1-21-13-5-2-4-12(10-13)7-8-16-18-15(17(20)19-16)11-14-6-3-9-22-14/h2-6,9-11H,7-8H2,1H3,(H,18,19,20)/b15-11+. The van der Waals surface area contributed by atoms with Crippen molar-refractivity contribution >= 4 is 29.2 Å². The lowest BCUT2D eigenvalue weighted by Gasteiger charge is -2.04. The molecule has 0 saturated heterocycles. The van der Waals surface area contributed by atoms with Crippen LogP contribution in [0.3, 0.4) is 0 Å². The molecule has 0 atom stereocenters. The van der Waals surface area contributed by atoms with Gasteiger partial charge >= 0.3 is 0 Å². The van der Waals surface area contributed by atoms with Crippen molar-refractivity contribution in [2.24, 2.45) is 4.99 Å². The highest BCUT2D eigenvalue weighted by molar-refractivity contribution is 7.10. The van der Waals surface area contributed by atoms with Crippen molar-refractivity contribution in [3.05, 3.63) is 57.9 Å². The summed E-state index contributed by atoms with van der Waals surface area (Å²) in [5, 5.41) is 4.81. The predicted molar refractivity (Wildman–Crippen MR) is 89.2 cm³/mol. The van der Waals surface area contributed by atoms with Crippen LogP contribution in [-0.4, -0.2) is 18.9 Å². The molecular formula is C17H16N2O2S. The molecule has 2 aromatic rings. The SMILES string of the molecule is COc1cccc(CCC2=N/C(=C/c3cccs3)C(=O)N2)c1. The minimum atomic E-state index is -0.131. The Balaban J connectivity index is 1.67. The Morgan fingerprint density at radius 1 is 1.27 bits per heavy atom. The van der Waals surface area contributed by atoms with Crippen molar-refractivity contribution in [2.45, 2.75) is 12.8 Å². The average Bonchev–Trinajstić information content (AvgIpc) is 3.16. The molecule has 0 radical (unpaired) electrons. The van der Waals surface area contributed by atoms with Gasteiger partial charge < -0.3 is 10.1 Å². The molecule has 0 bridgehead atoms. The molecule has 1 aliphatic heterocycles. The van der Waals surface area contributed by atoms with E-state index in [1.807, 2.05) is 47.9 Å². The van der Waals surface area contributed by atoms with Crippen molar-refractivity contribution in [3.8, 4) is 5.75 Å². The predicted octanol–water partition coefficient (Wildman–Crippen LogP) is 3.26. The Morgan fingerprint density at radius 2 is 2.18 bits per heavy atom. The Hall–Kier alpha value is -2.40. The molecule has 3 rings (SSSR count). The number of nitrogens with zero attached hydrogens (tertiary/aromatic N) is 1. The number of amidine groups is 1. The maximum absolute atomic E-state index is 11.9. The van der Waals surface area contributed by atoms with Gasteiger partial charge in [0.15, 0.2) is 0 Å². The lowest BCUT2D eigenvalue weighted by molar-refractivity contribution is -0.115. The summed E-state index contributed by atoms with van der Waals surface area (Å²) < 4.78 is 5.21. The van der Waals surface area contributed by atoms with E-state index < -0.39 is 0 Å². The molecule has 4 nitrogen and oxygen atoms in total. The van der Waals surface area contributed by atoms with Gasteiger partial charge in [-0.2, -0.15) is 0 Å². The minimum Gasteiger partial charge on any atom is -0.497 e. The van der Waals surface area contributed by atoms with E-state index in [2.05, 4.69) is 10.3 Å². The molecule has 1 aromatic heterocycles. The number of methoxy groups -OCH3 is 1. The fourth-order valence-electron chi connectivity index (χ4n) is 2.23. The summed E-state index contributed by atoms with van der Waals surface area (Å²) in [6, 6.07) is 11.8. The van der Waals surface area contributed by atoms with E-state index >= 15 is 0 Å². The number of hydrogen-bond acceptors (Lipinski definition) is 4. The van der Waals surface area contributed by atoms with E-state index in [0.29, 0.717) is 12.1 Å². The van der Waals surface area contributed by atoms with Crippen molar-refractivity contribution < 1.29 is 9.53 Å². The highest BCUT2D eigenvalue weighted by atomic mass is 32.1. The zero-order chi connectivity index (χ0) is 15.4. The highest BCUT2D eigenvalue weighted by Gasteiger charge is 2.19. The first-order chi connectivity index (χ1) is 10.7. The van der Waals surface area contributed by atoms with E-state index in [-0.39, 0.29) is 5.91 Å². The maximum atomic E-state index is 11.9. The van der Waals surface area contributed by atoms with Gasteiger partial charge in [-0.3, -0.25) is 4.79 Å². The Bertz CT molecular complexity index is 733. The topological polar surface area (TPSA) is 50.7 Å². The fourth-order valence-corrected chi connectivity index (χ4v) is 2.89. The van der Waals surface area contributed by atoms with Gasteiger partial charge in [0.1, 0.15) is 17.3 Å². The van der Waals surface area contributed by atoms with E-state index in [0.717, 1.165) is 28.4 Å². The number of hydrogen-bond donors (Lipinski definition) is 1. The van der Waals surface area contributed by atoms with Crippen LogP contribution < -0.4 is 10.1 Å². The van der Waals surface area contributed by atoms with Crippen molar-refractivity contribution in [1.29, 1.82) is 0 Å². The summed E-state index contributed by atoms with van der Waals surface area (Å²) in [7, 11) is 1.65. The molecule has 5 heteroatoms. The molecule has 0 saturated carbocycles. The Kier molecular flexibility index (Phi) is 4.34. The van der Waals surface area contributed by atoms with E-state index in [1.165, 1.54) is 0 Å². The molecule has 0 unspecified atom stereocenters. The van der Waals surface area contributed by atoms with E-state index in [1.54, 1.807) is 18.4 Å². The number of thiophene rings is 1. The summed E-state index contributed by atoms with van der Waals surface area (Å²) in [4.78, 5) is 17.3. The molecule has 1 aromatic carbocycles. The lowest BCUT2D eigenvalue weighted by atomic mass is 10.1. The van der Waals surface area contributed by atoms with Crippen LogP contribution in [0.2, 0.25) is 0 Å². The first-order valence-electron chi connectivity index (χ1n) is 7.01. The van der Waals surface area contributed by atoms with Crippen LogP contribution >= 0.6 is 11.3 Å². The molecule has 1 aliphatic rings. The summed E-state index contributed by atoms with van der Waals surface area (Å²) in [5.41, 5.74) is 1.63. The zero-order valence-electron chi connectivity index (χ0n) is 12.2. The number of amides is 1. The largest absolute Gasteiger partial charge is 0.497 e. The first-order valence-corrected chi connectivity index (χ1v) is 7.89. The number of carbonyl (C=O) groups is 1. The molecule has 0 spiro atoms. The lowest BCUT2D eigenvalue weighted by Crippen LogP contribution is -2.24. The molecule has 2 heterocycles. The second-order valence-corrected chi connectivity index (χ2v) is 5.89. The van der Waals surface area contributed by atoms with Crippen LogP contribution in [0, 0.1) is 0 Å². The molecule has 112 valence electrons. The van der Waals surface area contributed by atoms with Gasteiger partial charge in [0.25, 0.3) is 5.91 Å². The quantitative estimate of drug-likeness (QED) is 0.862. The van der Waals surface area contributed by atoms with Gasteiger partial charge in [-0.05, 0) is 41.6 Å². The number of aryl methyl sites for hydroxylation is 1. The summed E-state index contributed by atoms with van der Waals surface area (Å²) in [6.45, 7) is 0. The number of nitrogens with one attached hydrogen (secondary N) is 1. The molecule has 1 N–H and O–H groups in total. The average molecular weight is 312 g/mol. The minimum absolute atomic E-state index is 0.131. The van der Waals surface area contributed by atoms with Gasteiger partial charge in [0.2, 0.25) is 0 Å². The number of rotatable bonds is 5. The van der Waals surface area contributed by atoms with Gasteiger partial charge in [-0.15, -0.1) is 11.3 Å². The zero-order valence-corrected chi connectivity index (χ0v) is 13.0. The third kappa shape index (κ3) is 3.43. The van der Waals surface area contributed by atoms with Gasteiger partial charge in [0.05, 0.1) is 7.11 Å². The maximum Gasteiger partial charge on any atom is 0.275 e. The van der Waals surface area contributed by atoms with E-state index in [9.17, 15) is 4.79 Å². The molecule has 0 aliphatic carbocycles. The highest BCUT2D eigenvalue weighted by Crippen LogP contribution is 2.18. The normalized spacial score (nSPS) is 15.8. The Labute approximate surface area is 133 Å². The number of ether oxygens (including phenoxy) is 1. The number of benzene rings is 1. The third-order valence-corrected chi connectivity index (χ3v) is 4.17. The summed E-state index contributed by atoms with van der Waals surface area (Å²) in [6.07, 6.45) is 3.32. The molecule has 0 fully saturated rings. The van der Waals surface area contributed by atoms with Crippen LogP contribution in [-0.2, 0) is 11.2 Å². The summed E-state index contributed by atoms with van der Waals surface area (Å²) >= 11 is 1.59. The van der Waals surface area contributed by atoms with Crippen molar-refractivity contribution in [2.75, 3.05) is 7.11 Å². The third-order valence-electron chi connectivity index (χ3n) is 3.35. The van der Waals surface area contributed by atoms with Crippen molar-refractivity contribution in [1.82, 2.24) is 5.32 Å². The fraction of sp³-hybridized carbons (Fsp3) is 0.176. The second-order valence-electron chi connectivity index (χ2n) is 4.91. The molecule has 22 heavy (non-hydrogen) atoms. The van der Waals surface area contributed by atoms with Crippen LogP contribution in [0.25, 0.3) is 6.08 Å². The van der Waals surface area contributed by atoms with Gasteiger partial charge in [-0.25, -0.2) is 4.99 Å². The summed E-state index contributed by atoms with van der Waals surface area (Å²) in [5.74, 6) is 1.43. The molecule has 1 amide bonds. The van der Waals surface area contributed by atoms with Crippen LogP contribution in [0.15, 0.2) is 52.5 Å². The van der Waals surface area contributed by atoms with Gasteiger partial charge in [-0.1, -0.05) is 18.2 Å². The first kappa shape index (κ1) is 14.5. The number of carbonyl (C=O) groups excluding carboxylic acids is 1. The molecular weight excluding hydrogens is 296 g/mol. The van der Waals surface area contributed by atoms with Crippen LogP contribution in [0.4, 0.5) is 0 Å². The monoisotopic (exact) mass is 312 g/mol. The Morgan fingerprint density at radius 3 is 2.95 bits per heavy atom. The van der Waals surface area contributed by atoms with Crippen LogP contribution in [0.5, 0.6) is 5.75 Å².